The number of hydrogen-bond donors (Lipinski definition) is 0. The van der Waals surface area contributed by atoms with E-state index in [1.165, 1.54) is 25.3 Å². The predicted molar refractivity (Wildman–Crippen MR) is 69.2 cm³/mol. The molecule has 2 atom stereocenters. The van der Waals surface area contributed by atoms with Crippen LogP contribution in [0.5, 0.6) is 0 Å². The van der Waals surface area contributed by atoms with E-state index in [9.17, 15) is 14.9 Å². The number of nitrogens with zero attached hydrogens (tertiary/aromatic N) is 2. The minimum Gasteiger partial charge on any atom is -0.497 e. The number of rotatable bonds is 7. The third-order valence-electron chi connectivity index (χ3n) is 2.92. The number of nitro groups is 1. The second-order valence-electron chi connectivity index (χ2n) is 4.24. The summed E-state index contributed by atoms with van der Waals surface area (Å²) in [7, 11) is 1.39. The summed E-state index contributed by atoms with van der Waals surface area (Å²) in [4.78, 5) is 22.8. The lowest BCUT2D eigenvalue weighted by Crippen LogP contribution is -2.54. The van der Waals surface area contributed by atoms with Crippen molar-refractivity contribution in [2.75, 3.05) is 13.7 Å². The number of allylic oxidation sites excluding steroid dienone is 1. The zero-order valence-electron chi connectivity index (χ0n) is 11.4. The van der Waals surface area contributed by atoms with Crippen molar-refractivity contribution in [2.24, 2.45) is 0 Å². The molecular weight excluding hydrogens is 264 g/mol. The number of Topliss-reactive ketones (excluding diaryl/α,β-unsaturated/α-hetero) is 1. The molecule has 0 amide bonds. The van der Waals surface area contributed by atoms with E-state index in [-0.39, 0.29) is 6.61 Å². The second-order valence-corrected chi connectivity index (χ2v) is 4.24. The molecule has 0 heterocycles. The van der Waals surface area contributed by atoms with Gasteiger partial charge in [-0.3, -0.25) is 14.9 Å². The molecule has 0 aromatic heterocycles. The molecule has 1 aliphatic carbocycles. The Morgan fingerprint density at radius 2 is 2.35 bits per heavy atom. The highest BCUT2D eigenvalue weighted by molar-refractivity contribution is 5.92. The molecule has 2 unspecified atom stereocenters. The fourth-order valence-corrected chi connectivity index (χ4v) is 1.96. The Kier molecular flexibility index (Phi) is 5.41. The smallest absolute Gasteiger partial charge is 0.271 e. The summed E-state index contributed by atoms with van der Waals surface area (Å²) in [6, 6.07) is 0.345. The summed E-state index contributed by atoms with van der Waals surface area (Å²) in [5, 5.41) is 19.9. The summed E-state index contributed by atoms with van der Waals surface area (Å²) >= 11 is 0. The van der Waals surface area contributed by atoms with Gasteiger partial charge in [-0.15, -0.1) is 0 Å². The highest BCUT2D eigenvalue weighted by atomic mass is 16.6. The van der Waals surface area contributed by atoms with Crippen LogP contribution >= 0.6 is 0 Å². The lowest BCUT2D eigenvalue weighted by Gasteiger charge is -2.32. The Morgan fingerprint density at radius 3 is 2.85 bits per heavy atom. The van der Waals surface area contributed by atoms with E-state index >= 15 is 0 Å². The summed E-state index contributed by atoms with van der Waals surface area (Å²) in [6.07, 6.45) is 4.08. The van der Waals surface area contributed by atoms with Gasteiger partial charge >= 0.3 is 0 Å². The second kappa shape index (κ2) is 6.82. The van der Waals surface area contributed by atoms with Crippen molar-refractivity contribution in [1.82, 2.24) is 0 Å². The van der Waals surface area contributed by atoms with Crippen molar-refractivity contribution in [1.29, 1.82) is 5.26 Å². The molecule has 1 rings (SSSR count). The molecule has 0 N–H and O–H groups in total. The van der Waals surface area contributed by atoms with Crippen LogP contribution in [0.1, 0.15) is 19.8 Å². The van der Waals surface area contributed by atoms with Crippen LogP contribution in [0.4, 0.5) is 0 Å². The molecule has 0 aromatic rings. The SMILES string of the molecule is CCCOC1(C(=O)CC#N)C=C(OC)C=CC1[N+](=O)[O-]. The fraction of sp³-hybridized carbons (Fsp3) is 0.538. The molecule has 1 aliphatic rings. The average molecular weight is 280 g/mol. The van der Waals surface area contributed by atoms with E-state index in [1.54, 1.807) is 6.07 Å². The first-order chi connectivity index (χ1) is 9.51. The third-order valence-corrected chi connectivity index (χ3v) is 2.92. The van der Waals surface area contributed by atoms with Crippen molar-refractivity contribution in [3.05, 3.63) is 34.1 Å². The van der Waals surface area contributed by atoms with Crippen LogP contribution in [0.25, 0.3) is 0 Å². The molecule has 0 aromatic carbocycles. The highest BCUT2D eigenvalue weighted by Crippen LogP contribution is 2.30. The molecule has 0 radical (unpaired) electrons. The largest absolute Gasteiger partial charge is 0.497 e. The van der Waals surface area contributed by atoms with Gasteiger partial charge in [0.05, 0.1) is 19.6 Å². The van der Waals surface area contributed by atoms with Crippen molar-refractivity contribution in [3.8, 4) is 6.07 Å². The van der Waals surface area contributed by atoms with Crippen molar-refractivity contribution >= 4 is 5.78 Å². The molecule has 0 aliphatic heterocycles. The standard InChI is InChI=1S/C13H16N2O5/c1-3-8-20-13(12(16)6-7-14)9-10(19-2)4-5-11(13)15(17)18/h4-5,9,11H,3,6,8H2,1-2H3. The lowest BCUT2D eigenvalue weighted by atomic mass is 9.84. The van der Waals surface area contributed by atoms with Gasteiger partial charge in [-0.1, -0.05) is 6.92 Å². The van der Waals surface area contributed by atoms with E-state index < -0.39 is 28.8 Å². The highest BCUT2D eigenvalue weighted by Gasteiger charge is 2.52. The monoisotopic (exact) mass is 280 g/mol. The van der Waals surface area contributed by atoms with E-state index in [4.69, 9.17) is 14.7 Å². The number of methoxy groups -OCH3 is 1. The number of carbonyl (C=O) groups excluding carboxylic acids is 1. The van der Waals surface area contributed by atoms with Crippen LogP contribution in [0.3, 0.4) is 0 Å². The quantitative estimate of drug-likeness (QED) is 0.515. The zero-order chi connectivity index (χ0) is 15.2. The number of ketones is 1. The Morgan fingerprint density at radius 1 is 1.65 bits per heavy atom. The van der Waals surface area contributed by atoms with Crippen LogP contribution in [0.15, 0.2) is 24.0 Å². The first-order valence-electron chi connectivity index (χ1n) is 6.14. The van der Waals surface area contributed by atoms with Crippen LogP contribution in [-0.2, 0) is 14.3 Å². The molecule has 0 bridgehead atoms. The van der Waals surface area contributed by atoms with Gasteiger partial charge in [0.25, 0.3) is 6.04 Å². The Hall–Kier alpha value is -2.20. The van der Waals surface area contributed by atoms with Gasteiger partial charge in [0, 0.05) is 17.6 Å². The fourth-order valence-electron chi connectivity index (χ4n) is 1.96. The summed E-state index contributed by atoms with van der Waals surface area (Å²) < 4.78 is 10.5. The molecule has 0 saturated heterocycles. The van der Waals surface area contributed by atoms with E-state index in [0.717, 1.165) is 0 Å². The van der Waals surface area contributed by atoms with Gasteiger partial charge in [0.2, 0.25) is 5.60 Å². The lowest BCUT2D eigenvalue weighted by molar-refractivity contribution is -0.526. The van der Waals surface area contributed by atoms with Crippen LogP contribution in [-0.4, -0.2) is 36.1 Å². The third kappa shape index (κ3) is 3.03. The first-order valence-corrected chi connectivity index (χ1v) is 6.14. The summed E-state index contributed by atoms with van der Waals surface area (Å²) in [6.45, 7) is 1.99. The minimum absolute atomic E-state index is 0.169. The van der Waals surface area contributed by atoms with E-state index in [0.29, 0.717) is 12.2 Å². The molecule has 20 heavy (non-hydrogen) atoms. The number of nitriles is 1. The molecule has 0 saturated carbocycles. The van der Waals surface area contributed by atoms with Gasteiger partial charge in [-0.25, -0.2) is 0 Å². The minimum atomic E-state index is -1.78. The van der Waals surface area contributed by atoms with Gasteiger partial charge in [-0.2, -0.15) is 5.26 Å². The van der Waals surface area contributed by atoms with Gasteiger partial charge in [0.15, 0.2) is 5.78 Å². The topological polar surface area (TPSA) is 102 Å². The molecule has 7 nitrogen and oxygen atoms in total. The Balaban J connectivity index is 3.29. The van der Waals surface area contributed by atoms with Crippen LogP contribution in [0.2, 0.25) is 0 Å². The summed E-state index contributed by atoms with van der Waals surface area (Å²) in [5.41, 5.74) is -1.78. The zero-order valence-corrected chi connectivity index (χ0v) is 11.4. The van der Waals surface area contributed by atoms with Gasteiger partial charge < -0.3 is 9.47 Å². The first kappa shape index (κ1) is 15.9. The van der Waals surface area contributed by atoms with Crippen LogP contribution < -0.4 is 0 Å². The Bertz CT molecular complexity index is 491. The summed E-state index contributed by atoms with van der Waals surface area (Å²) in [5.74, 6) is -0.348. The average Bonchev–Trinajstić information content (AvgIpc) is 2.44. The van der Waals surface area contributed by atoms with Gasteiger partial charge in [-0.05, 0) is 18.6 Å². The molecule has 7 heteroatoms. The van der Waals surface area contributed by atoms with Crippen molar-refractivity contribution < 1.29 is 19.2 Å². The van der Waals surface area contributed by atoms with Crippen molar-refractivity contribution in [3.63, 3.8) is 0 Å². The normalized spacial score (nSPS) is 24.6. The van der Waals surface area contributed by atoms with Crippen molar-refractivity contribution in [2.45, 2.75) is 31.4 Å². The van der Waals surface area contributed by atoms with E-state index in [2.05, 4.69) is 0 Å². The maximum Gasteiger partial charge on any atom is 0.271 e. The number of ether oxygens (including phenoxy) is 2. The molecular formula is C13H16N2O5. The maximum absolute atomic E-state index is 12.2. The van der Waals surface area contributed by atoms with Crippen LogP contribution in [0, 0.1) is 21.4 Å². The predicted octanol–water partition coefficient (Wildman–Crippen LogP) is 1.38. The van der Waals surface area contributed by atoms with E-state index in [1.807, 2.05) is 6.92 Å². The Labute approximate surface area is 116 Å². The number of hydrogen-bond acceptors (Lipinski definition) is 6. The maximum atomic E-state index is 12.2. The molecule has 0 spiro atoms. The van der Waals surface area contributed by atoms with Gasteiger partial charge in [0.1, 0.15) is 5.76 Å². The molecule has 108 valence electrons. The number of carbonyl (C=O) groups is 1. The molecule has 0 fully saturated rings.